The van der Waals surface area contributed by atoms with E-state index in [1.165, 1.54) is 0 Å². The van der Waals surface area contributed by atoms with Crippen LogP contribution in [0.25, 0.3) is 0 Å². The molecule has 0 aromatic rings. The van der Waals surface area contributed by atoms with Crippen LogP contribution in [0.4, 0.5) is 4.79 Å². The lowest BCUT2D eigenvalue weighted by atomic mass is 10.0. The monoisotopic (exact) mass is 333 g/mol. The molecule has 1 atom stereocenters. The van der Waals surface area contributed by atoms with Crippen LogP contribution in [0.1, 0.15) is 39.5 Å². The molecule has 0 bridgehead atoms. The first kappa shape index (κ1) is 17.5. The van der Waals surface area contributed by atoms with Gasteiger partial charge in [-0.3, -0.25) is 0 Å². The molecule has 8 heteroatoms. The lowest BCUT2D eigenvalue weighted by Gasteiger charge is -2.34. The van der Waals surface area contributed by atoms with Crippen LogP contribution in [0.5, 0.6) is 0 Å². The van der Waals surface area contributed by atoms with Crippen LogP contribution in [-0.2, 0) is 14.9 Å². The van der Waals surface area contributed by atoms with Crippen LogP contribution in [0.15, 0.2) is 0 Å². The van der Waals surface area contributed by atoms with Crippen LogP contribution in [0.2, 0.25) is 0 Å². The predicted molar refractivity (Wildman–Crippen MR) is 83.6 cm³/mol. The second-order valence-corrected chi connectivity index (χ2v) is 7.89. The summed E-state index contributed by atoms with van der Waals surface area (Å²) in [4.78, 5) is 13.3. The van der Waals surface area contributed by atoms with Gasteiger partial charge in [-0.15, -0.1) is 0 Å². The molecule has 0 aromatic heterocycles. The van der Waals surface area contributed by atoms with Crippen LogP contribution in [-0.4, -0.2) is 62.5 Å². The molecule has 0 aromatic carbocycles. The minimum atomic E-state index is -3.42. The maximum Gasteiger partial charge on any atom is 0.409 e. The molecule has 2 aliphatic rings. The van der Waals surface area contributed by atoms with Gasteiger partial charge in [-0.25, -0.2) is 4.79 Å². The van der Waals surface area contributed by atoms with Crippen molar-refractivity contribution in [2.24, 2.45) is 5.92 Å². The van der Waals surface area contributed by atoms with E-state index < -0.39 is 10.2 Å². The number of rotatable bonds is 4. The molecule has 1 N–H and O–H groups in total. The Hall–Kier alpha value is -0.860. The maximum absolute atomic E-state index is 12.4. The van der Waals surface area contributed by atoms with Gasteiger partial charge in [-0.1, -0.05) is 6.92 Å². The normalized spacial score (nSPS) is 25.2. The molecule has 7 nitrogen and oxygen atoms in total. The standard InChI is InChI=1S/C14H27N3O4S/c1-3-21-14(18)16-9-6-13(7-10-16)15-22(19,20)17-8-4-5-12(2)11-17/h12-13,15H,3-11H2,1-2H3. The molecule has 0 radical (unpaired) electrons. The zero-order valence-electron chi connectivity index (χ0n) is 13.5. The van der Waals surface area contributed by atoms with Crippen molar-refractivity contribution in [1.82, 2.24) is 13.9 Å². The number of carbonyl (C=O) groups is 1. The second kappa shape index (κ2) is 7.61. The molecule has 2 heterocycles. The van der Waals surface area contributed by atoms with Gasteiger partial charge < -0.3 is 9.64 Å². The molecule has 1 amide bonds. The lowest BCUT2D eigenvalue weighted by Crippen LogP contribution is -2.52. The van der Waals surface area contributed by atoms with Crippen LogP contribution in [0, 0.1) is 5.92 Å². The topological polar surface area (TPSA) is 79.0 Å². The first-order chi connectivity index (χ1) is 10.4. The number of carbonyl (C=O) groups excluding carboxylic acids is 1. The summed E-state index contributed by atoms with van der Waals surface area (Å²) in [5.74, 6) is 0.413. The van der Waals surface area contributed by atoms with Crippen molar-refractivity contribution < 1.29 is 17.9 Å². The molecule has 2 saturated heterocycles. The fourth-order valence-corrected chi connectivity index (χ4v) is 4.67. The lowest BCUT2D eigenvalue weighted by molar-refractivity contribution is 0.0964. The Morgan fingerprint density at radius 1 is 1.23 bits per heavy atom. The number of likely N-dealkylation sites (tertiary alicyclic amines) is 1. The molecule has 1 unspecified atom stereocenters. The first-order valence-electron chi connectivity index (χ1n) is 8.11. The van der Waals surface area contributed by atoms with Crippen molar-refractivity contribution in [2.45, 2.75) is 45.6 Å². The smallest absolute Gasteiger partial charge is 0.409 e. The molecular weight excluding hydrogens is 306 g/mol. The van der Waals surface area contributed by atoms with Gasteiger partial charge in [0.15, 0.2) is 0 Å². The highest BCUT2D eigenvalue weighted by Gasteiger charge is 2.31. The fraction of sp³-hybridized carbons (Fsp3) is 0.929. The average Bonchev–Trinajstić information content (AvgIpc) is 2.48. The van der Waals surface area contributed by atoms with Crippen LogP contribution in [0.3, 0.4) is 0 Å². The van der Waals surface area contributed by atoms with E-state index in [4.69, 9.17) is 4.74 Å². The number of piperidine rings is 2. The summed E-state index contributed by atoms with van der Waals surface area (Å²) >= 11 is 0. The van der Waals surface area contributed by atoms with E-state index >= 15 is 0 Å². The first-order valence-corrected chi connectivity index (χ1v) is 9.55. The number of hydrogen-bond acceptors (Lipinski definition) is 4. The summed E-state index contributed by atoms with van der Waals surface area (Å²) in [6.45, 7) is 6.47. The second-order valence-electron chi connectivity index (χ2n) is 6.19. The Kier molecular flexibility index (Phi) is 6.05. The SMILES string of the molecule is CCOC(=O)N1CCC(NS(=O)(=O)N2CCCC(C)C2)CC1. The summed E-state index contributed by atoms with van der Waals surface area (Å²) in [6, 6.07) is -0.104. The number of amides is 1. The molecule has 2 fully saturated rings. The van der Waals surface area contributed by atoms with Gasteiger partial charge in [0.25, 0.3) is 10.2 Å². The third-order valence-corrected chi connectivity index (χ3v) is 5.94. The van der Waals surface area contributed by atoms with Gasteiger partial charge in [0.1, 0.15) is 0 Å². The molecule has 2 aliphatic heterocycles. The van der Waals surface area contributed by atoms with Crippen molar-refractivity contribution in [1.29, 1.82) is 0 Å². The number of nitrogens with zero attached hydrogens (tertiary/aromatic N) is 2. The summed E-state index contributed by atoms with van der Waals surface area (Å²) in [7, 11) is -3.42. The van der Waals surface area contributed by atoms with Crippen LogP contribution < -0.4 is 4.72 Å². The van der Waals surface area contributed by atoms with E-state index in [2.05, 4.69) is 11.6 Å². The fourth-order valence-electron chi connectivity index (χ4n) is 3.04. The minimum absolute atomic E-state index is 0.104. The van der Waals surface area contributed by atoms with Gasteiger partial charge >= 0.3 is 6.09 Å². The molecule has 128 valence electrons. The minimum Gasteiger partial charge on any atom is -0.450 e. The Balaban J connectivity index is 1.83. The van der Waals surface area contributed by atoms with Crippen molar-refractivity contribution in [3.63, 3.8) is 0 Å². The highest BCUT2D eigenvalue weighted by molar-refractivity contribution is 7.87. The van der Waals surface area contributed by atoms with Crippen molar-refractivity contribution in [2.75, 3.05) is 32.8 Å². The molecule has 0 saturated carbocycles. The van der Waals surface area contributed by atoms with Gasteiger partial charge in [0, 0.05) is 32.2 Å². The third kappa shape index (κ3) is 4.57. The highest BCUT2D eigenvalue weighted by atomic mass is 32.2. The van der Waals surface area contributed by atoms with Crippen molar-refractivity contribution in [3.8, 4) is 0 Å². The molecule has 22 heavy (non-hydrogen) atoms. The Labute approximate surface area is 133 Å². The number of nitrogens with one attached hydrogen (secondary N) is 1. The summed E-state index contributed by atoms with van der Waals surface area (Å²) in [5, 5.41) is 0. The van der Waals surface area contributed by atoms with Crippen molar-refractivity contribution in [3.05, 3.63) is 0 Å². The Morgan fingerprint density at radius 3 is 2.50 bits per heavy atom. The summed E-state index contributed by atoms with van der Waals surface area (Å²) in [6.07, 6.45) is 2.95. The summed E-state index contributed by atoms with van der Waals surface area (Å²) < 4.78 is 34.2. The Morgan fingerprint density at radius 2 is 1.91 bits per heavy atom. The number of hydrogen-bond donors (Lipinski definition) is 1. The van der Waals surface area contributed by atoms with E-state index in [1.807, 2.05) is 0 Å². The number of ether oxygens (including phenoxy) is 1. The quantitative estimate of drug-likeness (QED) is 0.838. The van der Waals surface area contributed by atoms with E-state index in [-0.39, 0.29) is 12.1 Å². The zero-order chi connectivity index (χ0) is 16.2. The van der Waals surface area contributed by atoms with Crippen LogP contribution >= 0.6 is 0 Å². The van der Waals surface area contributed by atoms with E-state index in [1.54, 1.807) is 16.1 Å². The highest BCUT2D eigenvalue weighted by Crippen LogP contribution is 2.19. The van der Waals surface area contributed by atoms with E-state index in [0.29, 0.717) is 51.5 Å². The molecular formula is C14H27N3O4S. The third-order valence-electron chi connectivity index (χ3n) is 4.30. The van der Waals surface area contributed by atoms with E-state index in [0.717, 1.165) is 12.8 Å². The largest absolute Gasteiger partial charge is 0.450 e. The predicted octanol–water partition coefficient (Wildman–Crippen LogP) is 1.17. The van der Waals surface area contributed by atoms with E-state index in [9.17, 15) is 13.2 Å². The average molecular weight is 333 g/mol. The summed E-state index contributed by atoms with van der Waals surface area (Å²) in [5.41, 5.74) is 0. The van der Waals surface area contributed by atoms with Crippen molar-refractivity contribution >= 4 is 16.3 Å². The van der Waals surface area contributed by atoms with Gasteiger partial charge in [0.2, 0.25) is 0 Å². The maximum atomic E-state index is 12.4. The molecule has 0 spiro atoms. The van der Waals surface area contributed by atoms with Gasteiger partial charge in [-0.2, -0.15) is 17.4 Å². The Bertz CT molecular complexity index is 474. The molecule has 2 rings (SSSR count). The van der Waals surface area contributed by atoms with Gasteiger partial charge in [0.05, 0.1) is 6.61 Å². The van der Waals surface area contributed by atoms with Gasteiger partial charge in [-0.05, 0) is 38.5 Å². The zero-order valence-corrected chi connectivity index (χ0v) is 14.3. The molecule has 0 aliphatic carbocycles.